The predicted octanol–water partition coefficient (Wildman–Crippen LogP) is 3.69. The quantitative estimate of drug-likeness (QED) is 0.922. The van der Waals surface area contributed by atoms with E-state index < -0.39 is 6.10 Å². The lowest BCUT2D eigenvalue weighted by atomic mass is 10.0. The Morgan fingerprint density at radius 1 is 1.05 bits per heavy atom. The van der Waals surface area contributed by atoms with Crippen molar-refractivity contribution in [2.75, 3.05) is 14.2 Å². The van der Waals surface area contributed by atoms with E-state index in [4.69, 9.17) is 9.47 Å². The first-order chi connectivity index (χ1) is 9.56. The Labute approximate surface area is 125 Å². The first-order valence-corrected chi connectivity index (χ1v) is 6.71. The highest BCUT2D eigenvalue weighted by Crippen LogP contribution is 2.35. The van der Waals surface area contributed by atoms with Crippen LogP contribution in [0.15, 0.2) is 40.9 Å². The van der Waals surface area contributed by atoms with Crippen LogP contribution in [0.3, 0.4) is 0 Å². The third kappa shape index (κ3) is 2.94. The molecular formula is C15H14BrFO3. The largest absolute Gasteiger partial charge is 0.497 e. The maximum absolute atomic E-state index is 13.1. The van der Waals surface area contributed by atoms with Crippen molar-refractivity contribution in [2.45, 2.75) is 6.10 Å². The summed E-state index contributed by atoms with van der Waals surface area (Å²) in [5, 5.41) is 10.5. The second kappa shape index (κ2) is 6.24. The van der Waals surface area contributed by atoms with E-state index >= 15 is 0 Å². The van der Waals surface area contributed by atoms with Crippen molar-refractivity contribution in [3.63, 3.8) is 0 Å². The first kappa shape index (κ1) is 14.8. The van der Waals surface area contributed by atoms with Gasteiger partial charge in [0, 0.05) is 16.1 Å². The van der Waals surface area contributed by atoms with E-state index in [2.05, 4.69) is 15.9 Å². The van der Waals surface area contributed by atoms with Gasteiger partial charge in [-0.3, -0.25) is 0 Å². The van der Waals surface area contributed by atoms with E-state index in [-0.39, 0.29) is 5.82 Å². The van der Waals surface area contributed by atoms with Gasteiger partial charge in [-0.15, -0.1) is 0 Å². The summed E-state index contributed by atoms with van der Waals surface area (Å²) in [6.07, 6.45) is -0.925. The van der Waals surface area contributed by atoms with Gasteiger partial charge in [-0.05, 0) is 29.8 Å². The maximum Gasteiger partial charge on any atom is 0.128 e. The van der Waals surface area contributed by atoms with Crippen molar-refractivity contribution in [2.24, 2.45) is 0 Å². The Morgan fingerprint density at radius 2 is 1.75 bits per heavy atom. The van der Waals surface area contributed by atoms with E-state index in [1.165, 1.54) is 25.3 Å². The molecule has 2 aromatic rings. The van der Waals surface area contributed by atoms with Crippen LogP contribution in [0.2, 0.25) is 0 Å². The van der Waals surface area contributed by atoms with Crippen LogP contribution in [0.25, 0.3) is 0 Å². The van der Waals surface area contributed by atoms with Gasteiger partial charge in [0.25, 0.3) is 0 Å². The number of hydrogen-bond acceptors (Lipinski definition) is 3. The SMILES string of the molecule is COc1ccc(C(O)c2ccc(F)cc2Br)c(OC)c1. The summed E-state index contributed by atoms with van der Waals surface area (Å²) in [5.74, 6) is 0.776. The third-order valence-corrected chi connectivity index (χ3v) is 3.68. The van der Waals surface area contributed by atoms with E-state index in [1.54, 1.807) is 25.3 Å². The summed E-state index contributed by atoms with van der Waals surface area (Å²) in [6, 6.07) is 9.30. The van der Waals surface area contributed by atoms with Crippen LogP contribution >= 0.6 is 15.9 Å². The molecule has 2 aromatic carbocycles. The zero-order chi connectivity index (χ0) is 14.7. The van der Waals surface area contributed by atoms with Crippen LogP contribution in [-0.2, 0) is 0 Å². The van der Waals surface area contributed by atoms with Gasteiger partial charge in [0.2, 0.25) is 0 Å². The highest BCUT2D eigenvalue weighted by atomic mass is 79.9. The van der Waals surface area contributed by atoms with Crippen molar-refractivity contribution >= 4 is 15.9 Å². The summed E-state index contributed by atoms with van der Waals surface area (Å²) in [7, 11) is 3.08. The molecule has 5 heteroatoms. The highest BCUT2D eigenvalue weighted by molar-refractivity contribution is 9.10. The monoisotopic (exact) mass is 340 g/mol. The third-order valence-electron chi connectivity index (χ3n) is 2.99. The number of benzene rings is 2. The number of ether oxygens (including phenoxy) is 2. The molecule has 0 heterocycles. The van der Waals surface area contributed by atoms with E-state index in [0.29, 0.717) is 27.1 Å². The van der Waals surface area contributed by atoms with Crippen molar-refractivity contribution < 1.29 is 19.0 Å². The molecule has 2 rings (SSSR count). The number of methoxy groups -OCH3 is 2. The van der Waals surface area contributed by atoms with Crippen LogP contribution in [-0.4, -0.2) is 19.3 Å². The molecule has 0 aliphatic carbocycles. The molecule has 0 saturated carbocycles. The van der Waals surface area contributed by atoms with Crippen LogP contribution in [0, 0.1) is 5.82 Å². The first-order valence-electron chi connectivity index (χ1n) is 5.91. The summed E-state index contributed by atoms with van der Waals surface area (Å²) >= 11 is 3.25. The zero-order valence-electron chi connectivity index (χ0n) is 11.1. The summed E-state index contributed by atoms with van der Waals surface area (Å²) < 4.78 is 24.0. The lowest BCUT2D eigenvalue weighted by molar-refractivity contribution is 0.213. The molecule has 0 amide bonds. The summed E-state index contributed by atoms with van der Waals surface area (Å²) in [5.41, 5.74) is 1.15. The van der Waals surface area contributed by atoms with Crippen LogP contribution in [0.1, 0.15) is 17.2 Å². The minimum Gasteiger partial charge on any atom is -0.497 e. The number of halogens is 2. The Morgan fingerprint density at radius 3 is 2.35 bits per heavy atom. The minimum absolute atomic E-state index is 0.366. The Kier molecular flexibility index (Phi) is 4.62. The molecule has 0 bridgehead atoms. The molecule has 0 aliphatic heterocycles. The molecule has 0 spiro atoms. The standard InChI is InChI=1S/C15H14BrFO3/c1-19-10-4-6-12(14(8-10)20-2)15(18)11-5-3-9(17)7-13(11)16/h3-8,15,18H,1-2H3. The molecule has 0 saturated heterocycles. The van der Waals surface area contributed by atoms with Crippen LogP contribution < -0.4 is 9.47 Å². The van der Waals surface area contributed by atoms with Crippen molar-refractivity contribution in [1.82, 2.24) is 0 Å². The molecule has 0 fully saturated rings. The molecule has 0 aromatic heterocycles. The molecule has 0 radical (unpaired) electrons. The van der Waals surface area contributed by atoms with Gasteiger partial charge in [0.1, 0.15) is 23.4 Å². The number of hydrogen-bond donors (Lipinski definition) is 1. The van der Waals surface area contributed by atoms with Gasteiger partial charge in [-0.2, -0.15) is 0 Å². The predicted molar refractivity (Wildman–Crippen MR) is 77.7 cm³/mol. The fourth-order valence-corrected chi connectivity index (χ4v) is 2.50. The summed E-state index contributed by atoms with van der Waals surface area (Å²) in [4.78, 5) is 0. The van der Waals surface area contributed by atoms with Crippen molar-refractivity contribution in [3.05, 3.63) is 57.8 Å². The maximum atomic E-state index is 13.1. The molecule has 3 nitrogen and oxygen atoms in total. The van der Waals surface area contributed by atoms with E-state index in [1.807, 2.05) is 0 Å². The second-order valence-corrected chi connectivity index (χ2v) is 5.03. The fraction of sp³-hybridized carbons (Fsp3) is 0.200. The van der Waals surface area contributed by atoms with Gasteiger partial charge in [0.15, 0.2) is 0 Å². The van der Waals surface area contributed by atoms with Gasteiger partial charge >= 0.3 is 0 Å². The normalized spacial score (nSPS) is 12.1. The molecule has 20 heavy (non-hydrogen) atoms. The average molecular weight is 341 g/mol. The minimum atomic E-state index is -0.925. The van der Waals surface area contributed by atoms with Crippen molar-refractivity contribution in [3.8, 4) is 11.5 Å². The molecule has 0 aliphatic rings. The van der Waals surface area contributed by atoms with Crippen LogP contribution in [0.5, 0.6) is 11.5 Å². The van der Waals surface area contributed by atoms with Crippen molar-refractivity contribution in [1.29, 1.82) is 0 Å². The molecule has 1 unspecified atom stereocenters. The molecule has 106 valence electrons. The van der Waals surface area contributed by atoms with E-state index in [0.717, 1.165) is 0 Å². The molecule has 1 N–H and O–H groups in total. The average Bonchev–Trinajstić information content (AvgIpc) is 2.46. The summed E-state index contributed by atoms with van der Waals surface area (Å²) in [6.45, 7) is 0. The van der Waals surface area contributed by atoms with E-state index in [9.17, 15) is 9.50 Å². The highest BCUT2D eigenvalue weighted by Gasteiger charge is 2.18. The van der Waals surface area contributed by atoms with Crippen LogP contribution in [0.4, 0.5) is 4.39 Å². The van der Waals surface area contributed by atoms with Gasteiger partial charge in [0.05, 0.1) is 14.2 Å². The van der Waals surface area contributed by atoms with Gasteiger partial charge in [-0.1, -0.05) is 22.0 Å². The van der Waals surface area contributed by atoms with Gasteiger partial charge in [-0.25, -0.2) is 4.39 Å². The fourth-order valence-electron chi connectivity index (χ4n) is 1.94. The Balaban J connectivity index is 2.44. The number of rotatable bonds is 4. The molecular weight excluding hydrogens is 327 g/mol. The topological polar surface area (TPSA) is 38.7 Å². The second-order valence-electron chi connectivity index (χ2n) is 4.18. The zero-order valence-corrected chi connectivity index (χ0v) is 12.6. The van der Waals surface area contributed by atoms with Gasteiger partial charge < -0.3 is 14.6 Å². The molecule has 1 atom stereocenters. The lowest BCUT2D eigenvalue weighted by Gasteiger charge is -2.17. The Bertz CT molecular complexity index is 616. The Hall–Kier alpha value is -1.59. The lowest BCUT2D eigenvalue weighted by Crippen LogP contribution is -2.04. The smallest absolute Gasteiger partial charge is 0.128 e. The number of aliphatic hydroxyl groups is 1. The number of aliphatic hydroxyl groups excluding tert-OH is 1.